The van der Waals surface area contributed by atoms with Crippen molar-refractivity contribution in [2.24, 2.45) is 47.7 Å². The van der Waals surface area contributed by atoms with Crippen LogP contribution in [0.25, 0.3) is 10.9 Å². The fourth-order valence-corrected chi connectivity index (χ4v) is 5.88. The molecule has 2 bridgehead atoms. The highest BCUT2D eigenvalue weighted by Crippen LogP contribution is 2.65. The van der Waals surface area contributed by atoms with Crippen molar-refractivity contribution in [3.05, 3.63) is 47.7 Å². The first-order valence-electron chi connectivity index (χ1n) is 9.72. The molecule has 0 spiro atoms. The van der Waals surface area contributed by atoms with E-state index in [-0.39, 0.29) is 35.5 Å². The number of hydrogen-bond acceptors (Lipinski definition) is 3. The average Bonchev–Trinajstić information content (AvgIpc) is 3.43. The molecule has 2 amide bonds. The van der Waals surface area contributed by atoms with Gasteiger partial charge in [0.2, 0.25) is 0 Å². The number of amides is 2. The largest absolute Gasteiger partial charge is 0.347 e. The highest BCUT2D eigenvalue weighted by atomic mass is 16.2. The van der Waals surface area contributed by atoms with E-state index in [2.05, 4.69) is 34.0 Å². The molecule has 6 atom stereocenters. The molecule has 5 heteroatoms. The minimum absolute atomic E-state index is 0.108. The second-order valence-electron chi connectivity index (χ2n) is 8.46. The number of fused-ring (bicyclic) bond motifs is 1. The summed E-state index contributed by atoms with van der Waals surface area (Å²) in [6, 6.07) is 8.12. The van der Waals surface area contributed by atoms with Crippen molar-refractivity contribution >= 4 is 28.9 Å². The zero-order chi connectivity index (χ0) is 18.4. The van der Waals surface area contributed by atoms with Gasteiger partial charge in [-0.1, -0.05) is 30.4 Å². The second kappa shape index (κ2) is 4.97. The van der Waals surface area contributed by atoms with Crippen LogP contribution in [0.2, 0.25) is 0 Å². The summed E-state index contributed by atoms with van der Waals surface area (Å²) in [7, 11) is 2.02. The van der Waals surface area contributed by atoms with E-state index in [0.29, 0.717) is 11.8 Å². The molecule has 0 radical (unpaired) electrons. The van der Waals surface area contributed by atoms with Gasteiger partial charge in [0.1, 0.15) is 0 Å². The van der Waals surface area contributed by atoms with Gasteiger partial charge >= 0.3 is 0 Å². The lowest BCUT2D eigenvalue weighted by Crippen LogP contribution is -2.40. The van der Waals surface area contributed by atoms with Gasteiger partial charge < -0.3 is 4.57 Å². The molecule has 0 unspecified atom stereocenters. The minimum atomic E-state index is -0.193. The third-order valence-corrected chi connectivity index (χ3v) is 7.39. The number of imide groups is 1. The molecule has 27 heavy (non-hydrogen) atoms. The summed E-state index contributed by atoms with van der Waals surface area (Å²) in [5, 5.41) is 6.65. The van der Waals surface area contributed by atoms with Crippen LogP contribution in [-0.4, -0.2) is 27.6 Å². The van der Waals surface area contributed by atoms with E-state index in [0.717, 1.165) is 27.2 Å². The number of benzene rings is 1. The first kappa shape index (κ1) is 15.4. The molecule has 1 aliphatic heterocycles. The van der Waals surface area contributed by atoms with E-state index in [9.17, 15) is 9.59 Å². The van der Waals surface area contributed by atoms with Gasteiger partial charge in [-0.2, -0.15) is 10.1 Å². The number of aryl methyl sites for hydroxylation is 1. The molecule has 136 valence electrons. The lowest BCUT2D eigenvalue weighted by Gasteiger charge is -2.37. The van der Waals surface area contributed by atoms with E-state index in [4.69, 9.17) is 0 Å². The SMILES string of the molecule is Cc1c(/C=N\N2C(=O)[C@@H]3[C@H]4C=C[C@H]([C@H]5C[C@H]45)[C@@H]3C2=O)c2ccccc2n1C. The van der Waals surface area contributed by atoms with Crippen LogP contribution < -0.4 is 0 Å². The third-order valence-electron chi connectivity index (χ3n) is 7.39. The van der Waals surface area contributed by atoms with Gasteiger partial charge in [0.15, 0.2) is 0 Å². The molecule has 1 saturated heterocycles. The Kier molecular flexibility index (Phi) is 2.83. The normalized spacial score (nSPS) is 36.1. The Morgan fingerprint density at radius 2 is 1.67 bits per heavy atom. The summed E-state index contributed by atoms with van der Waals surface area (Å²) < 4.78 is 2.11. The molecule has 2 heterocycles. The van der Waals surface area contributed by atoms with Crippen molar-refractivity contribution in [1.82, 2.24) is 9.58 Å². The Labute approximate surface area is 157 Å². The summed E-state index contributed by atoms with van der Waals surface area (Å²) in [5.74, 6) is 1.10. The van der Waals surface area contributed by atoms with E-state index < -0.39 is 0 Å². The topological polar surface area (TPSA) is 54.7 Å². The maximum absolute atomic E-state index is 13.0. The van der Waals surface area contributed by atoms with Gasteiger partial charge in [-0.15, -0.1) is 0 Å². The van der Waals surface area contributed by atoms with Crippen LogP contribution in [0.15, 0.2) is 41.5 Å². The van der Waals surface area contributed by atoms with Crippen molar-refractivity contribution in [3.63, 3.8) is 0 Å². The summed E-state index contributed by atoms with van der Waals surface area (Å²) >= 11 is 0. The quantitative estimate of drug-likeness (QED) is 0.470. The van der Waals surface area contributed by atoms with Crippen LogP contribution in [0.1, 0.15) is 17.7 Å². The summed E-state index contributed by atoms with van der Waals surface area (Å²) in [6.07, 6.45) is 7.25. The number of allylic oxidation sites excluding steroid dienone is 2. The molecule has 2 aromatic rings. The van der Waals surface area contributed by atoms with Crippen molar-refractivity contribution < 1.29 is 9.59 Å². The highest BCUT2D eigenvalue weighted by Gasteiger charge is 2.67. The van der Waals surface area contributed by atoms with E-state index in [1.54, 1.807) is 6.21 Å². The number of hydrazone groups is 1. The summed E-state index contributed by atoms with van der Waals surface area (Å²) in [4.78, 5) is 26.1. The van der Waals surface area contributed by atoms with Crippen LogP contribution >= 0.6 is 0 Å². The summed E-state index contributed by atoms with van der Waals surface area (Å²) in [6.45, 7) is 2.03. The molecular formula is C22H21N3O2. The molecular weight excluding hydrogens is 338 g/mol. The Morgan fingerprint density at radius 1 is 1.04 bits per heavy atom. The number of carbonyl (C=O) groups is 2. The van der Waals surface area contributed by atoms with Gasteiger partial charge in [-0.05, 0) is 43.1 Å². The van der Waals surface area contributed by atoms with E-state index in [1.165, 1.54) is 6.42 Å². The fraction of sp³-hybridized carbons (Fsp3) is 0.409. The van der Waals surface area contributed by atoms with Gasteiger partial charge in [-0.25, -0.2) is 0 Å². The molecule has 5 aliphatic rings. The van der Waals surface area contributed by atoms with Crippen molar-refractivity contribution in [1.29, 1.82) is 0 Å². The molecule has 4 aliphatic carbocycles. The monoisotopic (exact) mass is 359 g/mol. The summed E-state index contributed by atoms with van der Waals surface area (Å²) in [5.41, 5.74) is 3.15. The Balaban J connectivity index is 1.38. The van der Waals surface area contributed by atoms with E-state index in [1.807, 2.05) is 26.1 Å². The van der Waals surface area contributed by atoms with Crippen LogP contribution in [0.5, 0.6) is 0 Å². The maximum Gasteiger partial charge on any atom is 0.254 e. The van der Waals surface area contributed by atoms with Crippen LogP contribution in [0.4, 0.5) is 0 Å². The standard InChI is InChI=1S/C22H21N3O2/c1-11-17(12-5-3-4-6-18(12)24(11)2)10-23-25-21(26)19-13-7-8-14(16-9-15(13)16)20(19)22(25)27/h3-8,10,13-16,19-20H,9H2,1-2H3/b23-10-/t13-,14+,15-,16-,19+,20-/m1/s1. The highest BCUT2D eigenvalue weighted by molar-refractivity contribution is 6.08. The molecule has 0 N–H and O–H groups in total. The predicted molar refractivity (Wildman–Crippen MR) is 102 cm³/mol. The zero-order valence-corrected chi connectivity index (χ0v) is 15.4. The molecule has 3 fully saturated rings. The Morgan fingerprint density at radius 3 is 2.33 bits per heavy atom. The lowest BCUT2D eigenvalue weighted by molar-refractivity contribution is -0.140. The van der Waals surface area contributed by atoms with Crippen LogP contribution in [0.3, 0.4) is 0 Å². The van der Waals surface area contributed by atoms with Gasteiger partial charge in [0, 0.05) is 29.2 Å². The fourth-order valence-electron chi connectivity index (χ4n) is 5.88. The minimum Gasteiger partial charge on any atom is -0.347 e. The zero-order valence-electron chi connectivity index (χ0n) is 15.4. The predicted octanol–water partition coefficient (Wildman–Crippen LogP) is 2.87. The second-order valence-corrected chi connectivity index (χ2v) is 8.46. The number of rotatable bonds is 2. The van der Waals surface area contributed by atoms with Crippen molar-refractivity contribution in [2.75, 3.05) is 0 Å². The molecule has 1 aromatic heterocycles. The first-order chi connectivity index (χ1) is 13.1. The molecule has 5 nitrogen and oxygen atoms in total. The molecule has 1 aromatic carbocycles. The number of nitrogens with zero attached hydrogens (tertiary/aromatic N) is 3. The molecule has 2 saturated carbocycles. The number of para-hydroxylation sites is 1. The van der Waals surface area contributed by atoms with Gasteiger partial charge in [0.05, 0.1) is 18.1 Å². The molecule has 7 rings (SSSR count). The van der Waals surface area contributed by atoms with Crippen molar-refractivity contribution in [3.8, 4) is 0 Å². The lowest BCUT2D eigenvalue weighted by atomic mass is 9.63. The third kappa shape index (κ3) is 1.82. The Bertz CT molecular complexity index is 1040. The Hall–Kier alpha value is -2.69. The van der Waals surface area contributed by atoms with Gasteiger partial charge in [0.25, 0.3) is 11.8 Å². The van der Waals surface area contributed by atoms with Crippen LogP contribution in [0, 0.1) is 42.4 Å². The van der Waals surface area contributed by atoms with Gasteiger partial charge in [-0.3, -0.25) is 9.59 Å². The first-order valence-corrected chi connectivity index (χ1v) is 9.72. The maximum atomic E-state index is 13.0. The average molecular weight is 359 g/mol. The smallest absolute Gasteiger partial charge is 0.254 e. The van der Waals surface area contributed by atoms with Crippen LogP contribution in [-0.2, 0) is 16.6 Å². The number of carbonyl (C=O) groups excluding carboxylic acids is 2. The van der Waals surface area contributed by atoms with Crippen molar-refractivity contribution in [2.45, 2.75) is 13.3 Å². The number of aromatic nitrogens is 1. The van der Waals surface area contributed by atoms with E-state index >= 15 is 0 Å². The number of hydrogen-bond donors (Lipinski definition) is 0.